The zero-order valence-corrected chi connectivity index (χ0v) is 15.1. The molecule has 0 radical (unpaired) electrons. The van der Waals surface area contributed by atoms with Gasteiger partial charge in [0.2, 0.25) is 11.8 Å². The average Bonchev–Trinajstić information content (AvgIpc) is 3.14. The van der Waals surface area contributed by atoms with Crippen molar-refractivity contribution in [1.29, 1.82) is 0 Å². The second-order valence-electron chi connectivity index (χ2n) is 7.27. The fourth-order valence-corrected chi connectivity index (χ4v) is 4.07. The summed E-state index contributed by atoms with van der Waals surface area (Å²) in [4.78, 5) is 26.9. The largest absolute Gasteiger partial charge is 0.359 e. The van der Waals surface area contributed by atoms with E-state index in [1.54, 1.807) is 7.05 Å². The molecule has 1 aliphatic heterocycles. The second-order valence-corrected chi connectivity index (χ2v) is 7.27. The summed E-state index contributed by atoms with van der Waals surface area (Å²) in [6.07, 6.45) is 7.78. The van der Waals surface area contributed by atoms with Gasteiger partial charge in [-0.25, -0.2) is 0 Å². The molecular weight excluding hydrogens is 314 g/mol. The molecule has 2 aliphatic rings. The summed E-state index contributed by atoms with van der Waals surface area (Å²) in [6.45, 7) is 1.90. The maximum absolute atomic E-state index is 12.7. The molecule has 1 aromatic carbocycles. The Hall–Kier alpha value is -1.88. The minimum absolute atomic E-state index is 0.0500. The number of rotatable bonds is 5. The number of carbonyl (C=O) groups excluding carboxylic acids is 2. The molecule has 25 heavy (non-hydrogen) atoms. The predicted octanol–water partition coefficient (Wildman–Crippen LogP) is 2.57. The van der Waals surface area contributed by atoms with Crippen molar-refractivity contribution in [2.24, 2.45) is 5.92 Å². The third kappa shape index (κ3) is 4.60. The van der Waals surface area contributed by atoms with Gasteiger partial charge in [0.25, 0.3) is 0 Å². The van der Waals surface area contributed by atoms with E-state index in [0.717, 1.165) is 30.8 Å². The van der Waals surface area contributed by atoms with Gasteiger partial charge in [-0.2, -0.15) is 0 Å². The first kappa shape index (κ1) is 17.9. The first-order valence-corrected chi connectivity index (χ1v) is 9.51. The molecule has 0 unspecified atom stereocenters. The number of hydrogen-bond acceptors (Lipinski definition) is 3. The summed E-state index contributed by atoms with van der Waals surface area (Å²) in [5.74, 6) is 0.0867. The first-order chi connectivity index (χ1) is 12.2. The highest BCUT2D eigenvalue weighted by molar-refractivity contribution is 5.94. The Morgan fingerprint density at radius 1 is 1.12 bits per heavy atom. The highest BCUT2D eigenvalue weighted by Crippen LogP contribution is 2.28. The number of nitrogens with one attached hydrogen (secondary N) is 2. The van der Waals surface area contributed by atoms with E-state index in [-0.39, 0.29) is 24.2 Å². The molecule has 1 aromatic rings. The Kier molecular flexibility index (Phi) is 6.08. The van der Waals surface area contributed by atoms with Crippen molar-refractivity contribution in [2.75, 3.05) is 25.5 Å². The van der Waals surface area contributed by atoms with E-state index in [1.807, 2.05) is 24.3 Å². The number of benzene rings is 1. The molecule has 1 aliphatic carbocycles. The number of nitrogens with zero attached hydrogens (tertiary/aromatic N) is 1. The van der Waals surface area contributed by atoms with Gasteiger partial charge in [0.05, 0.1) is 12.3 Å². The van der Waals surface area contributed by atoms with Crippen LogP contribution in [0.2, 0.25) is 0 Å². The summed E-state index contributed by atoms with van der Waals surface area (Å²) in [7, 11) is 1.63. The Morgan fingerprint density at radius 2 is 1.88 bits per heavy atom. The van der Waals surface area contributed by atoms with Gasteiger partial charge in [0, 0.05) is 25.3 Å². The number of hydrogen-bond donors (Lipinski definition) is 2. The number of anilines is 1. The van der Waals surface area contributed by atoms with Crippen LogP contribution in [0.15, 0.2) is 24.3 Å². The van der Waals surface area contributed by atoms with Crippen LogP contribution in [0.4, 0.5) is 5.69 Å². The van der Waals surface area contributed by atoms with Crippen LogP contribution in [0.1, 0.15) is 44.1 Å². The summed E-state index contributed by atoms with van der Waals surface area (Å²) < 4.78 is 0. The lowest BCUT2D eigenvalue weighted by molar-refractivity contribution is -0.120. The van der Waals surface area contributed by atoms with E-state index >= 15 is 0 Å². The van der Waals surface area contributed by atoms with E-state index in [4.69, 9.17) is 0 Å². The average molecular weight is 343 g/mol. The van der Waals surface area contributed by atoms with Crippen molar-refractivity contribution in [3.63, 3.8) is 0 Å². The molecular formula is C20H29N3O2. The Morgan fingerprint density at radius 3 is 2.64 bits per heavy atom. The highest BCUT2D eigenvalue weighted by Gasteiger charge is 2.32. The van der Waals surface area contributed by atoms with E-state index in [9.17, 15) is 9.59 Å². The fourth-order valence-electron chi connectivity index (χ4n) is 4.07. The predicted molar refractivity (Wildman–Crippen MR) is 99.4 cm³/mol. The maximum Gasteiger partial charge on any atom is 0.228 e. The molecule has 5 heteroatoms. The van der Waals surface area contributed by atoms with Gasteiger partial charge in [-0.3, -0.25) is 14.5 Å². The van der Waals surface area contributed by atoms with Crippen LogP contribution in [-0.4, -0.2) is 42.9 Å². The lowest BCUT2D eigenvalue weighted by Gasteiger charge is -2.30. The van der Waals surface area contributed by atoms with Crippen LogP contribution >= 0.6 is 0 Å². The Labute approximate surface area is 150 Å². The van der Waals surface area contributed by atoms with E-state index in [0.29, 0.717) is 6.04 Å². The smallest absolute Gasteiger partial charge is 0.228 e. The molecule has 2 fully saturated rings. The van der Waals surface area contributed by atoms with Crippen molar-refractivity contribution in [1.82, 2.24) is 10.2 Å². The normalized spacial score (nSPS) is 21.9. The van der Waals surface area contributed by atoms with Crippen LogP contribution in [0, 0.1) is 5.92 Å². The van der Waals surface area contributed by atoms with Crippen molar-refractivity contribution < 1.29 is 9.59 Å². The van der Waals surface area contributed by atoms with Gasteiger partial charge in [-0.15, -0.1) is 0 Å². The standard InChI is InChI=1S/C20H29N3O2/c1-21-19(24)13-15-7-5-6-10-18(15)22-20(25)16-11-12-23(14-16)17-8-3-2-4-9-17/h5-7,10,16-17H,2-4,8-9,11-14H2,1H3,(H,21,24)(H,22,25)/t16-/m0/s1. The van der Waals surface area contributed by atoms with Gasteiger partial charge in [-0.05, 0) is 37.4 Å². The van der Waals surface area contributed by atoms with Gasteiger partial charge in [0.15, 0.2) is 0 Å². The zero-order chi connectivity index (χ0) is 17.6. The Balaban J connectivity index is 1.58. The summed E-state index contributed by atoms with van der Waals surface area (Å²) in [5, 5.41) is 5.69. The molecule has 0 bridgehead atoms. The number of likely N-dealkylation sites (N-methyl/N-ethyl adjacent to an activating group) is 1. The molecule has 3 rings (SSSR count). The van der Waals surface area contributed by atoms with Gasteiger partial charge in [0.1, 0.15) is 0 Å². The molecule has 2 N–H and O–H groups in total. The van der Waals surface area contributed by atoms with Crippen LogP contribution in [0.3, 0.4) is 0 Å². The third-order valence-electron chi connectivity index (χ3n) is 5.59. The first-order valence-electron chi connectivity index (χ1n) is 9.51. The lowest BCUT2D eigenvalue weighted by Crippen LogP contribution is -2.36. The van der Waals surface area contributed by atoms with Crippen molar-refractivity contribution >= 4 is 17.5 Å². The third-order valence-corrected chi connectivity index (χ3v) is 5.59. The van der Waals surface area contributed by atoms with E-state index < -0.39 is 0 Å². The SMILES string of the molecule is CNC(=O)Cc1ccccc1NC(=O)[C@H]1CCN(C2CCCCC2)C1. The molecule has 5 nitrogen and oxygen atoms in total. The maximum atomic E-state index is 12.7. The van der Waals surface area contributed by atoms with Crippen LogP contribution < -0.4 is 10.6 Å². The van der Waals surface area contributed by atoms with E-state index in [2.05, 4.69) is 15.5 Å². The fraction of sp³-hybridized carbons (Fsp3) is 0.600. The van der Waals surface area contributed by atoms with Gasteiger partial charge in [-0.1, -0.05) is 37.5 Å². The minimum Gasteiger partial charge on any atom is -0.359 e. The number of likely N-dealkylation sites (tertiary alicyclic amines) is 1. The van der Waals surface area contributed by atoms with Gasteiger partial charge < -0.3 is 10.6 Å². The molecule has 0 spiro atoms. The number of carbonyl (C=O) groups is 2. The number of amides is 2. The summed E-state index contributed by atoms with van der Waals surface area (Å²) in [6, 6.07) is 8.24. The van der Waals surface area contributed by atoms with Gasteiger partial charge >= 0.3 is 0 Å². The highest BCUT2D eigenvalue weighted by atomic mass is 16.2. The van der Waals surface area contributed by atoms with Crippen LogP contribution in [0.5, 0.6) is 0 Å². The summed E-state index contributed by atoms with van der Waals surface area (Å²) in [5.41, 5.74) is 1.62. The zero-order valence-electron chi connectivity index (χ0n) is 15.1. The monoisotopic (exact) mass is 343 g/mol. The second kappa shape index (κ2) is 8.48. The molecule has 2 amide bonds. The number of para-hydroxylation sites is 1. The van der Waals surface area contributed by atoms with Crippen LogP contribution in [0.25, 0.3) is 0 Å². The summed E-state index contributed by atoms with van der Waals surface area (Å²) >= 11 is 0. The molecule has 1 saturated carbocycles. The molecule has 1 saturated heterocycles. The minimum atomic E-state index is -0.0500. The molecule has 1 heterocycles. The van der Waals surface area contributed by atoms with Crippen molar-refractivity contribution in [3.05, 3.63) is 29.8 Å². The molecule has 136 valence electrons. The Bertz CT molecular complexity index is 611. The lowest BCUT2D eigenvalue weighted by atomic mass is 9.94. The van der Waals surface area contributed by atoms with Crippen molar-refractivity contribution in [2.45, 2.75) is 51.0 Å². The topological polar surface area (TPSA) is 61.4 Å². The van der Waals surface area contributed by atoms with E-state index in [1.165, 1.54) is 32.1 Å². The quantitative estimate of drug-likeness (QED) is 0.864. The molecule has 0 aromatic heterocycles. The molecule has 1 atom stereocenters. The van der Waals surface area contributed by atoms with Crippen LogP contribution in [-0.2, 0) is 16.0 Å². The van der Waals surface area contributed by atoms with Crippen molar-refractivity contribution in [3.8, 4) is 0 Å².